The third-order valence-corrected chi connectivity index (χ3v) is 2.25. The van der Waals surface area contributed by atoms with E-state index in [0.29, 0.717) is 10.7 Å². The average Bonchev–Trinajstić information content (AvgIpc) is 2.65. The number of tetrazole rings is 1. The Labute approximate surface area is 83.3 Å². The number of aromatic nitrogens is 5. The molecule has 0 fully saturated rings. The zero-order valence-electron chi connectivity index (χ0n) is 6.92. The Kier molecular flexibility index (Phi) is 1.43. The Hall–Kier alpha value is -1.75. The molecular weight excluding hydrogens is 202 g/mol. The first-order valence-electron chi connectivity index (χ1n) is 3.97. The van der Waals surface area contributed by atoms with Crippen LogP contribution in [0, 0.1) is 0 Å². The maximum Gasteiger partial charge on any atom is 0.207 e. The van der Waals surface area contributed by atoms with E-state index >= 15 is 0 Å². The van der Waals surface area contributed by atoms with Crippen molar-refractivity contribution in [1.29, 1.82) is 0 Å². The molecule has 14 heavy (non-hydrogen) atoms. The van der Waals surface area contributed by atoms with Crippen molar-refractivity contribution in [2.24, 2.45) is 0 Å². The van der Waals surface area contributed by atoms with E-state index < -0.39 is 0 Å². The minimum Gasteiger partial charge on any atom is -0.155 e. The van der Waals surface area contributed by atoms with Crippen LogP contribution in [-0.2, 0) is 0 Å². The molecule has 0 saturated heterocycles. The molecule has 0 saturated carbocycles. The maximum absolute atomic E-state index is 5.86. The van der Waals surface area contributed by atoms with E-state index in [4.69, 9.17) is 11.6 Å². The summed E-state index contributed by atoms with van der Waals surface area (Å²) >= 11 is 5.86. The molecule has 0 spiro atoms. The van der Waals surface area contributed by atoms with Gasteiger partial charge >= 0.3 is 0 Å². The average molecular weight is 206 g/mol. The van der Waals surface area contributed by atoms with E-state index in [1.165, 1.54) is 4.63 Å². The van der Waals surface area contributed by atoms with Gasteiger partial charge in [-0.15, -0.1) is 9.73 Å². The number of fused-ring (bicyclic) bond motifs is 3. The lowest BCUT2D eigenvalue weighted by Crippen LogP contribution is -1.93. The molecular formula is C8H4ClN5. The second kappa shape index (κ2) is 2.62. The Morgan fingerprint density at radius 3 is 3.14 bits per heavy atom. The second-order valence-electron chi connectivity index (χ2n) is 2.87. The van der Waals surface area contributed by atoms with Gasteiger partial charge in [-0.3, -0.25) is 0 Å². The van der Waals surface area contributed by atoms with Crippen LogP contribution in [-0.4, -0.2) is 25.3 Å². The number of halogens is 1. The minimum absolute atomic E-state index is 0.638. The molecule has 0 unspecified atom stereocenters. The van der Waals surface area contributed by atoms with Crippen LogP contribution in [0.2, 0.25) is 5.02 Å². The first-order chi connectivity index (χ1) is 6.84. The Bertz CT molecular complexity index is 617. The molecule has 0 N–H and O–H groups in total. The summed E-state index contributed by atoms with van der Waals surface area (Å²) in [4.78, 5) is 0. The Morgan fingerprint density at radius 2 is 2.21 bits per heavy atom. The van der Waals surface area contributed by atoms with Crippen molar-refractivity contribution in [1.82, 2.24) is 25.3 Å². The highest BCUT2D eigenvalue weighted by atomic mass is 35.5. The Balaban J connectivity index is 2.57. The fourth-order valence-corrected chi connectivity index (χ4v) is 1.56. The molecule has 0 radical (unpaired) electrons. The van der Waals surface area contributed by atoms with Crippen molar-refractivity contribution in [3.63, 3.8) is 0 Å². The van der Waals surface area contributed by atoms with Crippen LogP contribution in [0.4, 0.5) is 0 Å². The predicted molar refractivity (Wildman–Crippen MR) is 51.1 cm³/mol. The van der Waals surface area contributed by atoms with Gasteiger partial charge in [0.05, 0.1) is 6.20 Å². The number of rotatable bonds is 0. The van der Waals surface area contributed by atoms with Gasteiger partial charge in [-0.25, -0.2) is 0 Å². The highest BCUT2D eigenvalue weighted by Gasteiger charge is 2.04. The lowest BCUT2D eigenvalue weighted by Gasteiger charge is -1.97. The molecule has 5 nitrogen and oxygen atoms in total. The van der Waals surface area contributed by atoms with Crippen LogP contribution in [0.15, 0.2) is 24.4 Å². The topological polar surface area (TPSA) is 56.0 Å². The predicted octanol–water partition coefficient (Wildman–Crippen LogP) is 1.33. The molecule has 0 aliphatic carbocycles. The van der Waals surface area contributed by atoms with Crippen molar-refractivity contribution in [2.45, 2.75) is 0 Å². The van der Waals surface area contributed by atoms with Gasteiger partial charge in [-0.2, -0.15) is 5.10 Å². The minimum atomic E-state index is 0.638. The van der Waals surface area contributed by atoms with E-state index in [-0.39, 0.29) is 0 Å². The molecule has 0 atom stereocenters. The van der Waals surface area contributed by atoms with Crippen molar-refractivity contribution < 1.29 is 0 Å². The molecule has 68 valence electrons. The van der Waals surface area contributed by atoms with Crippen LogP contribution in [0.3, 0.4) is 0 Å². The summed E-state index contributed by atoms with van der Waals surface area (Å²) < 4.78 is 1.39. The fraction of sp³-hybridized carbons (Fsp3) is 0. The SMILES string of the molecule is Clc1ccc2c(cnn3nnnc23)c1. The standard InChI is InChI=1S/C8H4ClN5/c9-6-1-2-7-5(3-6)4-10-14-8(7)11-12-13-14/h1-4H. The zero-order chi connectivity index (χ0) is 9.54. The van der Waals surface area contributed by atoms with Crippen LogP contribution in [0.1, 0.15) is 0 Å². The van der Waals surface area contributed by atoms with Gasteiger partial charge in [-0.05, 0) is 28.6 Å². The van der Waals surface area contributed by atoms with Gasteiger partial charge in [0.2, 0.25) is 5.65 Å². The first kappa shape index (κ1) is 7.64. The van der Waals surface area contributed by atoms with Gasteiger partial charge in [0, 0.05) is 15.8 Å². The summed E-state index contributed by atoms with van der Waals surface area (Å²) in [5.41, 5.74) is 0.638. The third-order valence-electron chi connectivity index (χ3n) is 2.01. The number of nitrogens with zero attached hydrogens (tertiary/aromatic N) is 5. The monoisotopic (exact) mass is 205 g/mol. The van der Waals surface area contributed by atoms with E-state index in [2.05, 4.69) is 20.6 Å². The molecule has 2 heterocycles. The highest BCUT2D eigenvalue weighted by molar-refractivity contribution is 6.31. The van der Waals surface area contributed by atoms with Gasteiger partial charge in [-0.1, -0.05) is 11.6 Å². The normalized spacial score (nSPS) is 11.2. The molecule has 0 aliphatic heterocycles. The maximum atomic E-state index is 5.86. The molecule has 6 heteroatoms. The van der Waals surface area contributed by atoms with Crippen LogP contribution in [0.5, 0.6) is 0 Å². The molecule has 3 rings (SSSR count). The molecule has 0 aliphatic rings. The first-order valence-corrected chi connectivity index (χ1v) is 4.35. The number of benzene rings is 1. The van der Waals surface area contributed by atoms with Crippen LogP contribution >= 0.6 is 11.6 Å². The lowest BCUT2D eigenvalue weighted by atomic mass is 10.2. The quantitative estimate of drug-likeness (QED) is 0.556. The summed E-state index contributed by atoms with van der Waals surface area (Å²) in [6.07, 6.45) is 1.69. The molecule has 1 aromatic carbocycles. The van der Waals surface area contributed by atoms with Crippen molar-refractivity contribution in [3.8, 4) is 0 Å². The van der Waals surface area contributed by atoms with Crippen LogP contribution in [0.25, 0.3) is 16.4 Å². The molecule has 0 bridgehead atoms. The molecule has 2 aromatic heterocycles. The number of hydrogen-bond donors (Lipinski definition) is 0. The van der Waals surface area contributed by atoms with Gasteiger partial charge in [0.15, 0.2) is 0 Å². The third kappa shape index (κ3) is 0.958. The molecule has 3 aromatic rings. The van der Waals surface area contributed by atoms with Gasteiger partial charge in [0.25, 0.3) is 0 Å². The van der Waals surface area contributed by atoms with E-state index in [9.17, 15) is 0 Å². The van der Waals surface area contributed by atoms with Crippen molar-refractivity contribution in [3.05, 3.63) is 29.4 Å². The van der Waals surface area contributed by atoms with Crippen molar-refractivity contribution in [2.75, 3.05) is 0 Å². The van der Waals surface area contributed by atoms with Crippen molar-refractivity contribution >= 4 is 28.0 Å². The number of hydrogen-bond acceptors (Lipinski definition) is 4. The largest absolute Gasteiger partial charge is 0.207 e. The smallest absolute Gasteiger partial charge is 0.155 e. The fourth-order valence-electron chi connectivity index (χ4n) is 1.38. The lowest BCUT2D eigenvalue weighted by molar-refractivity contribution is 0.736. The summed E-state index contributed by atoms with van der Waals surface area (Å²) in [5, 5.41) is 17.7. The highest BCUT2D eigenvalue weighted by Crippen LogP contribution is 2.20. The summed E-state index contributed by atoms with van der Waals surface area (Å²) in [5.74, 6) is 0. The van der Waals surface area contributed by atoms with E-state index in [1.54, 1.807) is 12.3 Å². The van der Waals surface area contributed by atoms with Crippen LogP contribution < -0.4 is 0 Å². The van der Waals surface area contributed by atoms with Gasteiger partial charge in [0.1, 0.15) is 0 Å². The summed E-state index contributed by atoms with van der Waals surface area (Å²) in [6.45, 7) is 0. The van der Waals surface area contributed by atoms with E-state index in [0.717, 1.165) is 10.8 Å². The zero-order valence-corrected chi connectivity index (χ0v) is 7.68. The Morgan fingerprint density at radius 1 is 1.29 bits per heavy atom. The summed E-state index contributed by atoms with van der Waals surface area (Å²) in [7, 11) is 0. The second-order valence-corrected chi connectivity index (χ2v) is 3.30. The van der Waals surface area contributed by atoms with E-state index in [1.807, 2.05) is 12.1 Å². The molecule has 0 amide bonds. The van der Waals surface area contributed by atoms with Gasteiger partial charge < -0.3 is 0 Å². The summed E-state index contributed by atoms with van der Waals surface area (Å²) in [6, 6.07) is 5.52.